The molecule has 3 heteroatoms. The normalized spacial score (nSPS) is 22.4. The number of thioether (sulfide) groups is 1. The number of rotatable bonds is 3. The zero-order valence-corrected chi connectivity index (χ0v) is 11.5. The van der Waals surface area contributed by atoms with Gasteiger partial charge in [-0.3, -0.25) is 4.90 Å². The molecule has 0 aromatic rings. The van der Waals surface area contributed by atoms with Crippen LogP contribution in [0.15, 0.2) is 0 Å². The molecule has 15 heavy (non-hydrogen) atoms. The summed E-state index contributed by atoms with van der Waals surface area (Å²) in [5.74, 6) is 2.65. The Labute approximate surface area is 99.2 Å². The molecule has 0 radical (unpaired) electrons. The maximum absolute atomic E-state index is 3.59. The molecule has 2 nitrogen and oxygen atoms in total. The van der Waals surface area contributed by atoms with Crippen LogP contribution in [0.25, 0.3) is 0 Å². The third-order valence-electron chi connectivity index (χ3n) is 2.81. The minimum atomic E-state index is 0.245. The molecular weight excluding hydrogens is 204 g/mol. The van der Waals surface area contributed by atoms with E-state index in [1.54, 1.807) is 0 Å². The highest BCUT2D eigenvalue weighted by Crippen LogP contribution is 2.12. The van der Waals surface area contributed by atoms with Crippen LogP contribution in [-0.2, 0) is 0 Å². The molecule has 1 atom stereocenters. The van der Waals surface area contributed by atoms with Gasteiger partial charge in [-0.15, -0.1) is 0 Å². The van der Waals surface area contributed by atoms with Crippen molar-refractivity contribution in [2.75, 3.05) is 31.1 Å². The van der Waals surface area contributed by atoms with Gasteiger partial charge in [0, 0.05) is 30.4 Å². The van der Waals surface area contributed by atoms with Crippen LogP contribution in [0.1, 0.15) is 34.1 Å². The van der Waals surface area contributed by atoms with Crippen molar-refractivity contribution in [2.45, 2.75) is 45.7 Å². The molecule has 0 aromatic heterocycles. The largest absolute Gasteiger partial charge is 0.311 e. The van der Waals surface area contributed by atoms with Crippen molar-refractivity contribution in [1.82, 2.24) is 10.2 Å². The minimum absolute atomic E-state index is 0.245. The van der Waals surface area contributed by atoms with Gasteiger partial charge >= 0.3 is 0 Å². The van der Waals surface area contributed by atoms with E-state index in [0.717, 1.165) is 6.54 Å². The van der Waals surface area contributed by atoms with Crippen molar-refractivity contribution in [3.8, 4) is 0 Å². The second-order valence-corrected chi connectivity index (χ2v) is 6.71. The molecule has 0 bridgehead atoms. The van der Waals surface area contributed by atoms with E-state index in [0.29, 0.717) is 6.04 Å². The lowest BCUT2D eigenvalue weighted by Crippen LogP contribution is -2.47. The van der Waals surface area contributed by atoms with Crippen LogP contribution in [0.3, 0.4) is 0 Å². The van der Waals surface area contributed by atoms with Crippen molar-refractivity contribution in [1.29, 1.82) is 0 Å². The van der Waals surface area contributed by atoms with E-state index in [9.17, 15) is 0 Å². The molecule has 0 aromatic carbocycles. The van der Waals surface area contributed by atoms with E-state index in [-0.39, 0.29) is 5.54 Å². The highest BCUT2D eigenvalue weighted by atomic mass is 32.2. The summed E-state index contributed by atoms with van der Waals surface area (Å²) in [6.45, 7) is 12.7. The Kier molecular flexibility index (Phi) is 5.44. The molecule has 0 amide bonds. The Balaban J connectivity index is 2.28. The SMILES string of the molecule is CC(CNC(C)(C)C)N1CCCSCC1. The van der Waals surface area contributed by atoms with Crippen molar-refractivity contribution < 1.29 is 0 Å². The topological polar surface area (TPSA) is 15.3 Å². The smallest absolute Gasteiger partial charge is 0.0192 e. The summed E-state index contributed by atoms with van der Waals surface area (Å²) >= 11 is 2.10. The third kappa shape index (κ3) is 5.79. The summed E-state index contributed by atoms with van der Waals surface area (Å²) in [5, 5.41) is 3.59. The highest BCUT2D eigenvalue weighted by Gasteiger charge is 2.17. The van der Waals surface area contributed by atoms with Crippen LogP contribution in [-0.4, -0.2) is 47.6 Å². The Bertz CT molecular complexity index is 169. The molecule has 1 aliphatic rings. The van der Waals surface area contributed by atoms with Gasteiger partial charge in [-0.05, 0) is 46.4 Å². The fourth-order valence-corrected chi connectivity index (χ4v) is 2.69. The standard InChI is InChI=1S/C12H26N2S/c1-11(10-13-12(2,3)4)14-6-5-8-15-9-7-14/h11,13H,5-10H2,1-4H3. The number of nitrogens with one attached hydrogen (secondary N) is 1. The summed E-state index contributed by atoms with van der Waals surface area (Å²) in [7, 11) is 0. The van der Waals surface area contributed by atoms with Crippen LogP contribution < -0.4 is 5.32 Å². The van der Waals surface area contributed by atoms with Gasteiger partial charge in [0.1, 0.15) is 0 Å². The predicted octanol–water partition coefficient (Wildman–Crippen LogP) is 2.20. The van der Waals surface area contributed by atoms with Crippen molar-refractivity contribution in [3.05, 3.63) is 0 Å². The summed E-state index contributed by atoms with van der Waals surface area (Å²) in [4.78, 5) is 2.62. The first-order chi connectivity index (χ1) is 6.99. The van der Waals surface area contributed by atoms with Gasteiger partial charge in [-0.1, -0.05) is 0 Å². The van der Waals surface area contributed by atoms with Crippen molar-refractivity contribution in [3.63, 3.8) is 0 Å². The molecule has 1 unspecified atom stereocenters. The lowest BCUT2D eigenvalue weighted by molar-refractivity contribution is 0.208. The van der Waals surface area contributed by atoms with Gasteiger partial charge in [0.05, 0.1) is 0 Å². The lowest BCUT2D eigenvalue weighted by atomic mass is 10.1. The van der Waals surface area contributed by atoms with Crippen LogP contribution in [0.4, 0.5) is 0 Å². The molecule has 0 saturated carbocycles. The second-order valence-electron chi connectivity index (χ2n) is 5.48. The summed E-state index contributed by atoms with van der Waals surface area (Å²) < 4.78 is 0. The Hall–Kier alpha value is 0.270. The van der Waals surface area contributed by atoms with Gasteiger partial charge in [0.15, 0.2) is 0 Å². The van der Waals surface area contributed by atoms with Crippen LogP contribution in [0.2, 0.25) is 0 Å². The van der Waals surface area contributed by atoms with E-state index in [4.69, 9.17) is 0 Å². The first-order valence-electron chi connectivity index (χ1n) is 6.06. The monoisotopic (exact) mass is 230 g/mol. The quantitative estimate of drug-likeness (QED) is 0.800. The predicted molar refractivity (Wildman–Crippen MR) is 70.7 cm³/mol. The molecule has 90 valence electrons. The average Bonchev–Trinajstić information content (AvgIpc) is 2.41. The first kappa shape index (κ1) is 13.3. The van der Waals surface area contributed by atoms with E-state index in [1.807, 2.05) is 0 Å². The fourth-order valence-electron chi connectivity index (χ4n) is 1.79. The minimum Gasteiger partial charge on any atom is -0.311 e. The molecule has 1 aliphatic heterocycles. The number of hydrogen-bond donors (Lipinski definition) is 1. The van der Waals surface area contributed by atoms with Crippen LogP contribution in [0.5, 0.6) is 0 Å². The highest BCUT2D eigenvalue weighted by molar-refractivity contribution is 7.99. The number of hydrogen-bond acceptors (Lipinski definition) is 3. The maximum atomic E-state index is 3.59. The molecule has 1 rings (SSSR count). The van der Waals surface area contributed by atoms with E-state index in [2.05, 4.69) is 49.7 Å². The molecule has 1 saturated heterocycles. The lowest BCUT2D eigenvalue weighted by Gasteiger charge is -2.30. The summed E-state index contributed by atoms with van der Waals surface area (Å²) in [5.41, 5.74) is 0.245. The first-order valence-corrected chi connectivity index (χ1v) is 7.21. The second kappa shape index (κ2) is 6.12. The zero-order valence-electron chi connectivity index (χ0n) is 10.7. The molecule has 0 aliphatic carbocycles. The zero-order chi connectivity index (χ0) is 11.3. The maximum Gasteiger partial charge on any atom is 0.0192 e. The third-order valence-corrected chi connectivity index (χ3v) is 3.86. The molecule has 1 heterocycles. The van der Waals surface area contributed by atoms with Gasteiger partial charge in [-0.25, -0.2) is 0 Å². The van der Waals surface area contributed by atoms with Crippen molar-refractivity contribution in [2.24, 2.45) is 0 Å². The molecule has 1 N–H and O–H groups in total. The molecule has 0 spiro atoms. The van der Waals surface area contributed by atoms with E-state index in [1.165, 1.54) is 31.0 Å². The van der Waals surface area contributed by atoms with Gasteiger partial charge in [0.25, 0.3) is 0 Å². The van der Waals surface area contributed by atoms with Gasteiger partial charge in [0.2, 0.25) is 0 Å². The number of nitrogens with zero attached hydrogens (tertiary/aromatic N) is 1. The van der Waals surface area contributed by atoms with E-state index < -0.39 is 0 Å². The Morgan fingerprint density at radius 2 is 2.00 bits per heavy atom. The van der Waals surface area contributed by atoms with E-state index >= 15 is 0 Å². The van der Waals surface area contributed by atoms with Gasteiger partial charge < -0.3 is 5.32 Å². The van der Waals surface area contributed by atoms with Crippen molar-refractivity contribution >= 4 is 11.8 Å². The summed E-state index contributed by atoms with van der Waals surface area (Å²) in [6.07, 6.45) is 1.35. The van der Waals surface area contributed by atoms with Crippen LogP contribution >= 0.6 is 11.8 Å². The Morgan fingerprint density at radius 1 is 1.27 bits per heavy atom. The van der Waals surface area contributed by atoms with Crippen LogP contribution in [0, 0.1) is 0 Å². The van der Waals surface area contributed by atoms with Gasteiger partial charge in [-0.2, -0.15) is 11.8 Å². The molecular formula is C12H26N2S. The average molecular weight is 230 g/mol. The Morgan fingerprint density at radius 3 is 2.67 bits per heavy atom. The summed E-state index contributed by atoms with van der Waals surface area (Å²) in [6, 6.07) is 0.669. The molecule has 1 fully saturated rings. The fraction of sp³-hybridized carbons (Fsp3) is 1.00.